The van der Waals surface area contributed by atoms with Crippen LogP contribution in [0.3, 0.4) is 0 Å². The standard InChI is InChI=1S/C13H11NO4/c1-8-4-5-10(9(7-8)12(15)16)14-6-2-3-11(14)13(17)18/h2-7H,1H3,(H,15,16)(H,17,18). The van der Waals surface area contributed by atoms with Crippen LogP contribution in [-0.2, 0) is 0 Å². The van der Waals surface area contributed by atoms with Crippen molar-refractivity contribution in [2.45, 2.75) is 6.92 Å². The number of aryl methyl sites for hydroxylation is 1. The first-order chi connectivity index (χ1) is 8.50. The minimum atomic E-state index is -1.10. The van der Waals surface area contributed by atoms with E-state index in [1.165, 1.54) is 22.9 Å². The zero-order valence-corrected chi connectivity index (χ0v) is 9.62. The van der Waals surface area contributed by atoms with E-state index < -0.39 is 11.9 Å². The molecule has 0 saturated carbocycles. The predicted octanol–water partition coefficient (Wildman–Crippen LogP) is 2.18. The highest BCUT2D eigenvalue weighted by Crippen LogP contribution is 2.19. The summed E-state index contributed by atoms with van der Waals surface area (Å²) >= 11 is 0. The van der Waals surface area contributed by atoms with Gasteiger partial charge in [-0.05, 0) is 31.2 Å². The Kier molecular flexibility index (Phi) is 2.89. The van der Waals surface area contributed by atoms with Crippen LogP contribution in [0, 0.1) is 6.92 Å². The third-order valence-electron chi connectivity index (χ3n) is 2.61. The molecule has 0 aliphatic carbocycles. The molecule has 0 spiro atoms. The monoisotopic (exact) mass is 245 g/mol. The molecule has 0 bridgehead atoms. The van der Waals surface area contributed by atoms with Crippen molar-refractivity contribution in [2.75, 3.05) is 0 Å². The average molecular weight is 245 g/mol. The van der Waals surface area contributed by atoms with E-state index in [4.69, 9.17) is 10.2 Å². The largest absolute Gasteiger partial charge is 0.478 e. The first kappa shape index (κ1) is 11.9. The molecule has 5 heteroatoms. The number of carboxylic acid groups (broad SMARTS) is 2. The molecule has 0 saturated heterocycles. The third-order valence-corrected chi connectivity index (χ3v) is 2.61. The summed E-state index contributed by atoms with van der Waals surface area (Å²) in [5.41, 5.74) is 1.26. The number of nitrogens with zero attached hydrogens (tertiary/aromatic N) is 1. The molecular formula is C13H11NO4. The van der Waals surface area contributed by atoms with E-state index in [0.717, 1.165) is 5.56 Å². The van der Waals surface area contributed by atoms with Crippen molar-refractivity contribution in [3.8, 4) is 5.69 Å². The fraction of sp³-hybridized carbons (Fsp3) is 0.0769. The van der Waals surface area contributed by atoms with Gasteiger partial charge in [0.2, 0.25) is 0 Å². The van der Waals surface area contributed by atoms with Crippen LogP contribution in [0.15, 0.2) is 36.5 Å². The number of hydrogen-bond donors (Lipinski definition) is 2. The van der Waals surface area contributed by atoms with Crippen LogP contribution in [0.5, 0.6) is 0 Å². The van der Waals surface area contributed by atoms with E-state index in [0.29, 0.717) is 5.69 Å². The van der Waals surface area contributed by atoms with Gasteiger partial charge in [0.05, 0.1) is 11.3 Å². The van der Waals surface area contributed by atoms with Gasteiger partial charge in [0.25, 0.3) is 0 Å². The van der Waals surface area contributed by atoms with Crippen LogP contribution >= 0.6 is 0 Å². The maximum absolute atomic E-state index is 11.2. The van der Waals surface area contributed by atoms with E-state index in [1.54, 1.807) is 25.1 Å². The summed E-state index contributed by atoms with van der Waals surface area (Å²) < 4.78 is 1.35. The van der Waals surface area contributed by atoms with Crippen LogP contribution in [-0.4, -0.2) is 26.7 Å². The number of hydrogen-bond acceptors (Lipinski definition) is 2. The Balaban J connectivity index is 2.67. The second-order valence-electron chi connectivity index (χ2n) is 3.89. The summed E-state index contributed by atoms with van der Waals surface area (Å²) in [6, 6.07) is 7.85. The van der Waals surface area contributed by atoms with Crippen LogP contribution in [0.2, 0.25) is 0 Å². The molecular weight excluding hydrogens is 234 g/mol. The van der Waals surface area contributed by atoms with Gasteiger partial charge >= 0.3 is 11.9 Å². The second kappa shape index (κ2) is 4.37. The van der Waals surface area contributed by atoms with Gasteiger partial charge in [-0.15, -0.1) is 0 Å². The smallest absolute Gasteiger partial charge is 0.352 e. The Morgan fingerprint density at radius 3 is 2.44 bits per heavy atom. The average Bonchev–Trinajstić information content (AvgIpc) is 2.77. The molecule has 0 aliphatic heterocycles. The van der Waals surface area contributed by atoms with Gasteiger partial charge in [-0.3, -0.25) is 0 Å². The zero-order chi connectivity index (χ0) is 13.3. The number of rotatable bonds is 3. The highest BCUT2D eigenvalue weighted by molar-refractivity contribution is 5.93. The molecule has 1 aromatic heterocycles. The van der Waals surface area contributed by atoms with Gasteiger partial charge in [-0.1, -0.05) is 11.6 Å². The number of aromatic carboxylic acids is 2. The fourth-order valence-electron chi connectivity index (χ4n) is 1.80. The van der Waals surface area contributed by atoms with Gasteiger partial charge in [-0.2, -0.15) is 0 Å². The molecule has 5 nitrogen and oxygen atoms in total. The van der Waals surface area contributed by atoms with Crippen molar-refractivity contribution in [2.24, 2.45) is 0 Å². The van der Waals surface area contributed by atoms with Crippen molar-refractivity contribution < 1.29 is 19.8 Å². The Bertz CT molecular complexity index is 628. The molecule has 2 N–H and O–H groups in total. The number of aromatic nitrogens is 1. The van der Waals surface area contributed by atoms with E-state index in [2.05, 4.69) is 0 Å². The lowest BCUT2D eigenvalue weighted by atomic mass is 10.1. The number of benzene rings is 1. The molecule has 18 heavy (non-hydrogen) atoms. The lowest BCUT2D eigenvalue weighted by molar-refractivity contribution is 0.0676. The first-order valence-electron chi connectivity index (χ1n) is 5.25. The second-order valence-corrected chi connectivity index (χ2v) is 3.89. The Hall–Kier alpha value is -2.56. The quantitative estimate of drug-likeness (QED) is 0.868. The molecule has 2 rings (SSSR count). The molecule has 0 amide bonds. The van der Waals surface area contributed by atoms with Crippen molar-refractivity contribution in [1.29, 1.82) is 0 Å². The highest BCUT2D eigenvalue weighted by atomic mass is 16.4. The van der Waals surface area contributed by atoms with Crippen molar-refractivity contribution in [3.63, 3.8) is 0 Å². The van der Waals surface area contributed by atoms with Crippen LogP contribution in [0.1, 0.15) is 26.4 Å². The first-order valence-corrected chi connectivity index (χ1v) is 5.25. The van der Waals surface area contributed by atoms with Gasteiger partial charge in [-0.25, -0.2) is 9.59 Å². The van der Waals surface area contributed by atoms with E-state index in [9.17, 15) is 9.59 Å². The summed E-state index contributed by atoms with van der Waals surface area (Å²) in [4.78, 5) is 22.2. The number of carboxylic acids is 2. The molecule has 92 valence electrons. The minimum absolute atomic E-state index is 0.0290. The summed E-state index contributed by atoms with van der Waals surface area (Å²) in [7, 11) is 0. The molecule has 0 radical (unpaired) electrons. The van der Waals surface area contributed by atoms with Crippen LogP contribution < -0.4 is 0 Å². The molecule has 0 aliphatic rings. The molecule has 0 fully saturated rings. The molecule has 0 atom stereocenters. The normalized spacial score (nSPS) is 10.3. The highest BCUT2D eigenvalue weighted by Gasteiger charge is 2.16. The topological polar surface area (TPSA) is 79.5 Å². The van der Waals surface area contributed by atoms with Crippen LogP contribution in [0.4, 0.5) is 0 Å². The lowest BCUT2D eigenvalue weighted by Crippen LogP contribution is -2.10. The van der Waals surface area contributed by atoms with Gasteiger partial charge in [0.15, 0.2) is 0 Å². The Labute approximate surface area is 103 Å². The maximum Gasteiger partial charge on any atom is 0.352 e. The van der Waals surface area contributed by atoms with Gasteiger partial charge in [0.1, 0.15) is 5.69 Å². The number of carbonyl (C=O) groups is 2. The van der Waals surface area contributed by atoms with Gasteiger partial charge < -0.3 is 14.8 Å². The third kappa shape index (κ3) is 1.98. The zero-order valence-electron chi connectivity index (χ0n) is 9.62. The fourth-order valence-corrected chi connectivity index (χ4v) is 1.80. The van der Waals surface area contributed by atoms with Crippen molar-refractivity contribution in [3.05, 3.63) is 53.3 Å². The van der Waals surface area contributed by atoms with Crippen molar-refractivity contribution in [1.82, 2.24) is 4.57 Å². The Morgan fingerprint density at radius 2 is 1.83 bits per heavy atom. The van der Waals surface area contributed by atoms with Crippen LogP contribution in [0.25, 0.3) is 5.69 Å². The van der Waals surface area contributed by atoms with Crippen molar-refractivity contribution >= 4 is 11.9 Å². The summed E-state index contributed by atoms with van der Waals surface area (Å²) in [5, 5.41) is 18.2. The minimum Gasteiger partial charge on any atom is -0.478 e. The molecule has 0 unspecified atom stereocenters. The summed E-state index contributed by atoms with van der Waals surface area (Å²) in [6.07, 6.45) is 1.53. The molecule has 2 aromatic rings. The summed E-state index contributed by atoms with van der Waals surface area (Å²) in [5.74, 6) is -2.18. The molecule has 1 aromatic carbocycles. The van der Waals surface area contributed by atoms with E-state index >= 15 is 0 Å². The maximum atomic E-state index is 11.2. The van der Waals surface area contributed by atoms with E-state index in [-0.39, 0.29) is 11.3 Å². The molecule has 1 heterocycles. The predicted molar refractivity (Wildman–Crippen MR) is 64.4 cm³/mol. The lowest BCUT2D eigenvalue weighted by Gasteiger charge is -2.10. The Morgan fingerprint density at radius 1 is 1.11 bits per heavy atom. The summed E-state index contributed by atoms with van der Waals surface area (Å²) in [6.45, 7) is 1.78. The van der Waals surface area contributed by atoms with E-state index in [1.807, 2.05) is 0 Å². The van der Waals surface area contributed by atoms with Gasteiger partial charge in [0, 0.05) is 6.20 Å². The SMILES string of the molecule is Cc1ccc(-n2cccc2C(=O)O)c(C(=O)O)c1.